The Morgan fingerprint density at radius 3 is 2.18 bits per heavy atom. The first-order valence-electron chi connectivity index (χ1n) is 12.1. The summed E-state index contributed by atoms with van der Waals surface area (Å²) in [5.41, 5.74) is 0.687. The van der Waals surface area contributed by atoms with Crippen molar-refractivity contribution in [3.05, 3.63) is 71.0 Å². The summed E-state index contributed by atoms with van der Waals surface area (Å²) >= 11 is 0. The molecule has 0 spiro atoms. The predicted molar refractivity (Wildman–Crippen MR) is 138 cm³/mol. The molecule has 0 atom stereocenters. The number of nitrogens with one attached hydrogen (secondary N) is 1. The number of anilines is 3. The van der Waals surface area contributed by atoms with Crippen LogP contribution in [0.25, 0.3) is 0 Å². The maximum Gasteiger partial charge on any atom is 0.416 e. The predicted octanol–water partition coefficient (Wildman–Crippen LogP) is 4.93. The second-order valence-corrected chi connectivity index (χ2v) is 9.20. The fourth-order valence-electron chi connectivity index (χ4n) is 4.13. The Kier molecular flexibility index (Phi) is 7.84. The van der Waals surface area contributed by atoms with Crippen molar-refractivity contribution in [1.82, 2.24) is 9.97 Å². The summed E-state index contributed by atoms with van der Waals surface area (Å²) in [6, 6.07) is 11.1. The first-order chi connectivity index (χ1) is 18.0. The highest BCUT2D eigenvalue weighted by Crippen LogP contribution is 2.37. The first kappa shape index (κ1) is 26.9. The highest BCUT2D eigenvalue weighted by atomic mass is 19.4. The summed E-state index contributed by atoms with van der Waals surface area (Å²) in [6.07, 6.45) is -2.02. The zero-order valence-electron chi connectivity index (χ0n) is 21.3. The topological polar surface area (TPSA) is 87.7 Å². The van der Waals surface area contributed by atoms with E-state index in [9.17, 15) is 22.8 Å². The average Bonchev–Trinajstić information content (AvgIpc) is 3.40. The summed E-state index contributed by atoms with van der Waals surface area (Å²) in [6.45, 7) is 2.97. The lowest BCUT2D eigenvalue weighted by molar-refractivity contribution is -0.137. The Bertz CT molecular complexity index is 1300. The van der Waals surface area contributed by atoms with Crippen LogP contribution in [0.4, 0.5) is 30.5 Å². The smallest absolute Gasteiger partial charge is 0.416 e. The van der Waals surface area contributed by atoms with Crippen molar-refractivity contribution in [2.45, 2.75) is 32.4 Å². The average molecular weight is 528 g/mol. The number of amides is 1. The van der Waals surface area contributed by atoms with Crippen LogP contribution in [0, 0.1) is 0 Å². The molecule has 8 nitrogen and oxygen atoms in total. The van der Waals surface area contributed by atoms with Crippen LogP contribution >= 0.6 is 0 Å². The summed E-state index contributed by atoms with van der Waals surface area (Å²) < 4.78 is 43.8. The molecule has 1 aliphatic heterocycles. The van der Waals surface area contributed by atoms with Crippen LogP contribution in [-0.4, -0.2) is 49.0 Å². The Morgan fingerprint density at radius 1 is 1.00 bits per heavy atom. The number of nitrogens with zero attached hydrogens (tertiary/aromatic N) is 4. The lowest BCUT2D eigenvalue weighted by Gasteiger charge is -2.24. The van der Waals surface area contributed by atoms with Crippen molar-refractivity contribution < 1.29 is 27.5 Å². The van der Waals surface area contributed by atoms with E-state index in [4.69, 9.17) is 9.72 Å². The van der Waals surface area contributed by atoms with Crippen molar-refractivity contribution in [3.63, 3.8) is 0 Å². The third kappa shape index (κ3) is 6.39. The van der Waals surface area contributed by atoms with Crippen LogP contribution in [0.3, 0.4) is 0 Å². The van der Waals surface area contributed by atoms with E-state index in [1.807, 2.05) is 26.2 Å². The molecular formula is C27H28F3N5O3. The third-order valence-corrected chi connectivity index (χ3v) is 6.00. The molecule has 0 saturated carbocycles. The molecule has 0 bridgehead atoms. The molecule has 200 valence electrons. The van der Waals surface area contributed by atoms with Gasteiger partial charge in [0, 0.05) is 51.8 Å². The van der Waals surface area contributed by atoms with E-state index in [1.165, 1.54) is 6.92 Å². The van der Waals surface area contributed by atoms with E-state index in [0.29, 0.717) is 35.3 Å². The van der Waals surface area contributed by atoms with Crippen molar-refractivity contribution in [2.75, 3.05) is 42.3 Å². The second kappa shape index (κ2) is 11.1. The normalized spacial score (nSPS) is 13.4. The van der Waals surface area contributed by atoms with Gasteiger partial charge in [0.25, 0.3) is 5.91 Å². The monoisotopic (exact) mass is 527 g/mol. The summed E-state index contributed by atoms with van der Waals surface area (Å²) in [4.78, 5) is 37.5. The van der Waals surface area contributed by atoms with E-state index in [0.717, 1.165) is 55.8 Å². The largest absolute Gasteiger partial charge is 0.419 e. The lowest BCUT2D eigenvalue weighted by atomic mass is 10.1. The quantitative estimate of drug-likeness (QED) is 0.436. The van der Waals surface area contributed by atoms with Gasteiger partial charge < -0.3 is 19.9 Å². The molecule has 1 saturated heterocycles. The number of esters is 1. The lowest BCUT2D eigenvalue weighted by Crippen LogP contribution is -2.24. The van der Waals surface area contributed by atoms with Gasteiger partial charge >= 0.3 is 12.1 Å². The molecule has 4 rings (SSSR count). The fraction of sp³-hybridized carbons (Fsp3) is 0.333. The molecule has 38 heavy (non-hydrogen) atoms. The van der Waals surface area contributed by atoms with E-state index in [-0.39, 0.29) is 5.56 Å². The number of hydrogen-bond donors (Lipinski definition) is 1. The Labute approximate surface area is 218 Å². The van der Waals surface area contributed by atoms with E-state index in [2.05, 4.69) is 15.2 Å². The van der Waals surface area contributed by atoms with Gasteiger partial charge in [0.2, 0.25) is 5.75 Å². The molecule has 2 aromatic carbocycles. The van der Waals surface area contributed by atoms with Gasteiger partial charge in [0.15, 0.2) is 11.6 Å². The molecule has 1 N–H and O–H groups in total. The van der Waals surface area contributed by atoms with Crippen LogP contribution in [0.1, 0.15) is 47.1 Å². The number of aromatic nitrogens is 2. The highest BCUT2D eigenvalue weighted by molar-refractivity contribution is 6.04. The number of alkyl halides is 3. The number of hydrogen-bond acceptors (Lipinski definition) is 7. The minimum absolute atomic E-state index is 0.119. The second-order valence-electron chi connectivity index (χ2n) is 9.20. The van der Waals surface area contributed by atoms with Gasteiger partial charge in [-0.15, -0.1) is 0 Å². The molecule has 0 radical (unpaired) electrons. The molecular weight excluding hydrogens is 499 g/mol. The zero-order valence-corrected chi connectivity index (χ0v) is 21.3. The summed E-state index contributed by atoms with van der Waals surface area (Å²) in [5.74, 6) is 1.03. The van der Waals surface area contributed by atoms with Gasteiger partial charge in [0.05, 0.1) is 5.56 Å². The molecule has 1 aliphatic rings. The minimum atomic E-state index is -4.46. The molecule has 1 fully saturated rings. The number of rotatable bonds is 7. The molecule has 2 heterocycles. The van der Waals surface area contributed by atoms with Crippen molar-refractivity contribution >= 4 is 29.2 Å². The van der Waals surface area contributed by atoms with Crippen LogP contribution in [0.15, 0.2) is 48.5 Å². The van der Waals surface area contributed by atoms with Crippen LogP contribution in [0.2, 0.25) is 0 Å². The Hall–Kier alpha value is -4.15. The Morgan fingerprint density at radius 2 is 1.63 bits per heavy atom. The van der Waals surface area contributed by atoms with Gasteiger partial charge in [-0.05, 0) is 54.8 Å². The SMILES string of the molecule is CC(=O)Oc1c(N(C)C)nc(Cc2ccc(NC(=O)c3ccc(C(F)(F)F)cc3)cc2)nc1N1CCCC1. The summed E-state index contributed by atoms with van der Waals surface area (Å²) in [5, 5.41) is 2.69. The molecule has 1 amide bonds. The van der Waals surface area contributed by atoms with Gasteiger partial charge in [-0.25, -0.2) is 9.97 Å². The van der Waals surface area contributed by atoms with Gasteiger partial charge in [-0.1, -0.05) is 12.1 Å². The first-order valence-corrected chi connectivity index (χ1v) is 12.1. The van der Waals surface area contributed by atoms with Crippen LogP contribution in [0.5, 0.6) is 5.75 Å². The number of carbonyl (C=O) groups excluding carboxylic acids is 2. The van der Waals surface area contributed by atoms with Crippen LogP contribution < -0.4 is 19.9 Å². The maximum atomic E-state index is 12.8. The number of halogens is 3. The molecule has 1 aromatic heterocycles. The zero-order chi connectivity index (χ0) is 27.4. The van der Waals surface area contributed by atoms with Gasteiger partial charge in [-0.2, -0.15) is 13.2 Å². The van der Waals surface area contributed by atoms with Gasteiger partial charge in [-0.3, -0.25) is 9.59 Å². The van der Waals surface area contributed by atoms with Crippen molar-refractivity contribution in [3.8, 4) is 5.75 Å². The van der Waals surface area contributed by atoms with E-state index >= 15 is 0 Å². The standard InChI is InChI=1S/C27H28F3N5O3/c1-17(36)38-23-24(34(2)3)32-22(33-25(23)35-14-4-5-15-35)16-18-6-12-21(13-7-18)31-26(37)19-8-10-20(11-9-19)27(28,29)30/h6-13H,4-5,14-16H2,1-3H3,(H,31,37). The van der Waals surface area contributed by atoms with E-state index < -0.39 is 23.6 Å². The number of ether oxygens (including phenoxy) is 1. The number of carbonyl (C=O) groups is 2. The molecule has 11 heteroatoms. The summed E-state index contributed by atoms with van der Waals surface area (Å²) in [7, 11) is 3.64. The van der Waals surface area contributed by atoms with Gasteiger partial charge in [0.1, 0.15) is 5.82 Å². The fourth-order valence-corrected chi connectivity index (χ4v) is 4.13. The van der Waals surface area contributed by atoms with Crippen molar-refractivity contribution in [2.24, 2.45) is 0 Å². The van der Waals surface area contributed by atoms with Crippen molar-refractivity contribution in [1.29, 1.82) is 0 Å². The molecule has 0 aliphatic carbocycles. The highest BCUT2D eigenvalue weighted by Gasteiger charge is 2.30. The molecule has 3 aromatic rings. The van der Waals surface area contributed by atoms with Crippen LogP contribution in [-0.2, 0) is 17.4 Å². The maximum absolute atomic E-state index is 12.8. The Balaban J connectivity index is 1.51. The third-order valence-electron chi connectivity index (χ3n) is 6.00. The minimum Gasteiger partial charge on any atom is -0.419 e. The van der Waals surface area contributed by atoms with E-state index in [1.54, 1.807) is 17.0 Å². The molecule has 0 unspecified atom stereocenters. The number of benzene rings is 2.